The summed E-state index contributed by atoms with van der Waals surface area (Å²) in [7, 11) is 1.62. The molecule has 9 nitrogen and oxygen atoms in total. The predicted molar refractivity (Wildman–Crippen MR) is 164 cm³/mol. The van der Waals surface area contributed by atoms with Crippen molar-refractivity contribution in [1.82, 2.24) is 9.66 Å². The van der Waals surface area contributed by atoms with Gasteiger partial charge in [0.2, 0.25) is 0 Å². The summed E-state index contributed by atoms with van der Waals surface area (Å²) in [6.07, 6.45) is 1.38. The van der Waals surface area contributed by atoms with E-state index in [1.165, 1.54) is 35.2 Å². The Morgan fingerprint density at radius 2 is 1.79 bits per heavy atom. The van der Waals surface area contributed by atoms with Gasteiger partial charge in [-0.3, -0.25) is 14.9 Å². The standard InChI is InChI=1S/C33H29FN4O5/c1-20(2)26-17-27(21(3)15-31(26)42-4)32-36-28-8-6-5-7-25(28)33(39)37(32)35-18-23-11-14-30(29(16-23)38(40)41)43-19-22-9-12-24(34)13-10-22/h5-18,20H,19H2,1-4H3. The van der Waals surface area contributed by atoms with Crippen LogP contribution in [0.2, 0.25) is 0 Å². The Kier molecular flexibility index (Phi) is 8.29. The highest BCUT2D eigenvalue weighted by atomic mass is 19.1. The van der Waals surface area contributed by atoms with Gasteiger partial charge in [-0.1, -0.05) is 38.1 Å². The molecule has 0 aliphatic heterocycles. The molecule has 5 rings (SSSR count). The molecule has 0 atom stereocenters. The third kappa shape index (κ3) is 6.13. The van der Waals surface area contributed by atoms with Crippen LogP contribution >= 0.6 is 0 Å². The second kappa shape index (κ2) is 12.2. The van der Waals surface area contributed by atoms with Crippen LogP contribution in [0.25, 0.3) is 22.3 Å². The van der Waals surface area contributed by atoms with Gasteiger partial charge in [-0.05, 0) is 78.1 Å². The summed E-state index contributed by atoms with van der Waals surface area (Å²) >= 11 is 0. The van der Waals surface area contributed by atoms with Gasteiger partial charge < -0.3 is 9.47 Å². The van der Waals surface area contributed by atoms with Crippen LogP contribution < -0.4 is 15.0 Å². The van der Waals surface area contributed by atoms with Crippen LogP contribution in [0.3, 0.4) is 0 Å². The summed E-state index contributed by atoms with van der Waals surface area (Å²) in [5.74, 6) is 0.874. The van der Waals surface area contributed by atoms with Crippen molar-refractivity contribution in [3.05, 3.63) is 127 Å². The molecule has 0 aliphatic rings. The molecule has 0 saturated carbocycles. The first-order chi connectivity index (χ1) is 20.7. The van der Waals surface area contributed by atoms with E-state index in [-0.39, 0.29) is 35.3 Å². The lowest BCUT2D eigenvalue weighted by Crippen LogP contribution is -2.20. The van der Waals surface area contributed by atoms with E-state index in [9.17, 15) is 19.3 Å². The zero-order valence-corrected chi connectivity index (χ0v) is 24.1. The largest absolute Gasteiger partial charge is 0.496 e. The van der Waals surface area contributed by atoms with E-state index in [0.29, 0.717) is 33.4 Å². The van der Waals surface area contributed by atoms with E-state index < -0.39 is 4.92 Å². The zero-order valence-electron chi connectivity index (χ0n) is 24.1. The van der Waals surface area contributed by atoms with Crippen molar-refractivity contribution in [2.75, 3.05) is 7.11 Å². The molecule has 0 bridgehead atoms. The van der Waals surface area contributed by atoms with Gasteiger partial charge in [0, 0.05) is 17.2 Å². The smallest absolute Gasteiger partial charge is 0.311 e. The average Bonchev–Trinajstić information content (AvgIpc) is 3.00. The fourth-order valence-electron chi connectivity index (χ4n) is 4.72. The van der Waals surface area contributed by atoms with E-state index >= 15 is 0 Å². The Hall–Kier alpha value is -5.38. The third-order valence-electron chi connectivity index (χ3n) is 7.00. The first kappa shape index (κ1) is 29.1. The van der Waals surface area contributed by atoms with Gasteiger partial charge >= 0.3 is 5.69 Å². The molecule has 1 heterocycles. The molecule has 0 aliphatic carbocycles. The van der Waals surface area contributed by atoms with Crippen molar-refractivity contribution >= 4 is 22.8 Å². The second-order valence-electron chi connectivity index (χ2n) is 10.3. The molecule has 43 heavy (non-hydrogen) atoms. The molecule has 0 unspecified atom stereocenters. The van der Waals surface area contributed by atoms with E-state index in [1.54, 1.807) is 43.5 Å². The molecular weight excluding hydrogens is 551 g/mol. The average molecular weight is 581 g/mol. The topological polar surface area (TPSA) is 109 Å². The van der Waals surface area contributed by atoms with Crippen LogP contribution in [-0.4, -0.2) is 27.9 Å². The maximum Gasteiger partial charge on any atom is 0.311 e. The molecule has 0 fully saturated rings. The highest BCUT2D eigenvalue weighted by Crippen LogP contribution is 2.34. The fourth-order valence-corrected chi connectivity index (χ4v) is 4.72. The highest BCUT2D eigenvalue weighted by molar-refractivity contribution is 5.83. The first-order valence-electron chi connectivity index (χ1n) is 13.6. The number of ether oxygens (including phenoxy) is 2. The summed E-state index contributed by atoms with van der Waals surface area (Å²) in [6, 6.07) is 20.9. The van der Waals surface area contributed by atoms with Crippen molar-refractivity contribution in [2.45, 2.75) is 33.3 Å². The molecule has 218 valence electrons. The minimum absolute atomic E-state index is 0.0235. The fraction of sp³-hybridized carbons (Fsp3) is 0.182. The Labute approximate surface area is 247 Å². The number of methoxy groups -OCH3 is 1. The molecule has 0 radical (unpaired) electrons. The lowest BCUT2D eigenvalue weighted by Gasteiger charge is -2.17. The number of aromatic nitrogens is 2. The summed E-state index contributed by atoms with van der Waals surface area (Å²) in [6.45, 7) is 6.03. The first-order valence-corrected chi connectivity index (χ1v) is 13.6. The third-order valence-corrected chi connectivity index (χ3v) is 7.00. The lowest BCUT2D eigenvalue weighted by atomic mass is 9.96. The van der Waals surface area contributed by atoms with Crippen LogP contribution in [-0.2, 0) is 6.61 Å². The number of nitro benzene ring substituents is 1. The second-order valence-corrected chi connectivity index (χ2v) is 10.3. The predicted octanol–water partition coefficient (Wildman–Crippen LogP) is 7.01. The minimum Gasteiger partial charge on any atom is -0.496 e. The number of hydrogen-bond donors (Lipinski definition) is 0. The molecule has 0 spiro atoms. The van der Waals surface area contributed by atoms with Gasteiger partial charge in [-0.25, -0.2) is 9.37 Å². The maximum atomic E-state index is 13.7. The summed E-state index contributed by atoms with van der Waals surface area (Å²) in [4.78, 5) is 29.8. The number of para-hydroxylation sites is 1. The van der Waals surface area contributed by atoms with Crippen LogP contribution in [0.1, 0.15) is 42.0 Å². The molecule has 5 aromatic rings. The number of aryl methyl sites for hydroxylation is 1. The van der Waals surface area contributed by atoms with Crippen molar-refractivity contribution in [1.29, 1.82) is 0 Å². The van der Waals surface area contributed by atoms with Gasteiger partial charge in [-0.2, -0.15) is 9.78 Å². The number of hydrogen-bond acceptors (Lipinski definition) is 7. The van der Waals surface area contributed by atoms with Crippen LogP contribution in [0, 0.1) is 22.9 Å². The lowest BCUT2D eigenvalue weighted by molar-refractivity contribution is -0.385. The molecule has 0 N–H and O–H groups in total. The number of nitro groups is 1. The van der Waals surface area contributed by atoms with E-state index in [0.717, 1.165) is 16.9 Å². The molecule has 1 aromatic heterocycles. The minimum atomic E-state index is -0.555. The number of halogens is 1. The number of nitrogens with zero attached hydrogens (tertiary/aromatic N) is 4. The van der Waals surface area contributed by atoms with Gasteiger partial charge in [0.25, 0.3) is 5.56 Å². The van der Waals surface area contributed by atoms with Crippen LogP contribution in [0.5, 0.6) is 11.5 Å². The molecule has 4 aromatic carbocycles. The zero-order chi connectivity index (χ0) is 30.7. The maximum absolute atomic E-state index is 13.7. The van der Waals surface area contributed by atoms with Crippen molar-refractivity contribution < 1.29 is 18.8 Å². The van der Waals surface area contributed by atoms with Crippen LogP contribution in [0.4, 0.5) is 10.1 Å². The number of fused-ring (bicyclic) bond motifs is 1. The quantitative estimate of drug-likeness (QED) is 0.105. The summed E-state index contributed by atoms with van der Waals surface area (Å²) < 4.78 is 25.7. The molecule has 10 heteroatoms. The highest BCUT2D eigenvalue weighted by Gasteiger charge is 2.19. The van der Waals surface area contributed by atoms with Gasteiger partial charge in [0.05, 0.1) is 29.2 Å². The van der Waals surface area contributed by atoms with Gasteiger partial charge in [0.1, 0.15) is 18.2 Å². The van der Waals surface area contributed by atoms with Crippen molar-refractivity contribution in [3.63, 3.8) is 0 Å². The van der Waals surface area contributed by atoms with Crippen molar-refractivity contribution in [2.24, 2.45) is 5.10 Å². The molecule has 0 amide bonds. The van der Waals surface area contributed by atoms with Gasteiger partial charge in [-0.15, -0.1) is 0 Å². The Morgan fingerprint density at radius 1 is 1.05 bits per heavy atom. The number of benzene rings is 4. The van der Waals surface area contributed by atoms with E-state index in [1.807, 2.05) is 25.1 Å². The van der Waals surface area contributed by atoms with Crippen LogP contribution in [0.15, 0.2) is 88.8 Å². The summed E-state index contributed by atoms with van der Waals surface area (Å²) in [5, 5.41) is 16.7. The monoisotopic (exact) mass is 580 g/mol. The SMILES string of the molecule is COc1cc(C)c(-c2nc3ccccc3c(=O)n2N=Cc2ccc(OCc3ccc(F)cc3)c([N+](=O)[O-])c2)cc1C(C)C. The Balaban J connectivity index is 1.57. The Bertz CT molecular complexity index is 1920. The van der Waals surface area contributed by atoms with Crippen molar-refractivity contribution in [3.8, 4) is 22.9 Å². The van der Waals surface area contributed by atoms with E-state index in [2.05, 4.69) is 18.9 Å². The number of rotatable bonds is 9. The molecular formula is C33H29FN4O5. The molecule has 0 saturated heterocycles. The van der Waals surface area contributed by atoms with Gasteiger partial charge in [0.15, 0.2) is 11.6 Å². The Morgan fingerprint density at radius 3 is 2.49 bits per heavy atom. The summed E-state index contributed by atoms with van der Waals surface area (Å²) in [5.41, 5.74) is 3.40. The van der Waals surface area contributed by atoms with E-state index in [4.69, 9.17) is 14.5 Å². The normalized spacial score (nSPS) is 11.4.